The SMILES string of the molecule is COc1ccccc1C(=O)Nc1cc(C)nn1-c1ccc2ccccc2n1. The van der Waals surface area contributed by atoms with Crippen molar-refractivity contribution in [1.29, 1.82) is 0 Å². The number of carbonyl (C=O) groups excluding carboxylic acids is 1. The summed E-state index contributed by atoms with van der Waals surface area (Å²) in [6.07, 6.45) is 0. The number of fused-ring (bicyclic) bond motifs is 1. The Labute approximate surface area is 156 Å². The highest BCUT2D eigenvalue weighted by Gasteiger charge is 2.16. The van der Waals surface area contributed by atoms with Gasteiger partial charge in [-0.05, 0) is 37.3 Å². The Balaban J connectivity index is 1.71. The second-order valence-corrected chi connectivity index (χ2v) is 6.10. The van der Waals surface area contributed by atoms with Crippen molar-refractivity contribution in [2.45, 2.75) is 6.92 Å². The van der Waals surface area contributed by atoms with Crippen molar-refractivity contribution in [1.82, 2.24) is 14.8 Å². The fraction of sp³-hybridized carbons (Fsp3) is 0.0952. The smallest absolute Gasteiger partial charge is 0.260 e. The number of pyridine rings is 1. The fourth-order valence-electron chi connectivity index (χ4n) is 2.95. The molecule has 4 rings (SSSR count). The second kappa shape index (κ2) is 6.92. The first-order valence-electron chi connectivity index (χ1n) is 8.53. The molecule has 0 radical (unpaired) electrons. The van der Waals surface area contributed by atoms with Gasteiger partial charge in [-0.2, -0.15) is 9.78 Å². The van der Waals surface area contributed by atoms with E-state index in [1.165, 1.54) is 0 Å². The Kier molecular flexibility index (Phi) is 4.30. The van der Waals surface area contributed by atoms with Crippen molar-refractivity contribution in [3.8, 4) is 11.6 Å². The highest BCUT2D eigenvalue weighted by Crippen LogP contribution is 2.22. The average molecular weight is 358 g/mol. The van der Waals surface area contributed by atoms with E-state index in [9.17, 15) is 4.79 Å². The number of hydrogen-bond acceptors (Lipinski definition) is 4. The number of methoxy groups -OCH3 is 1. The van der Waals surface area contributed by atoms with E-state index in [2.05, 4.69) is 15.4 Å². The van der Waals surface area contributed by atoms with Crippen molar-refractivity contribution in [3.63, 3.8) is 0 Å². The van der Waals surface area contributed by atoms with Gasteiger partial charge in [0.2, 0.25) is 0 Å². The predicted molar refractivity (Wildman–Crippen MR) is 105 cm³/mol. The summed E-state index contributed by atoms with van der Waals surface area (Å²) in [7, 11) is 1.54. The Morgan fingerprint density at radius 2 is 1.81 bits per heavy atom. The van der Waals surface area contributed by atoms with E-state index in [0.717, 1.165) is 16.6 Å². The summed E-state index contributed by atoms with van der Waals surface area (Å²) in [6.45, 7) is 1.87. The molecule has 0 aliphatic rings. The largest absolute Gasteiger partial charge is 0.496 e. The number of benzene rings is 2. The third-order valence-electron chi connectivity index (χ3n) is 4.23. The minimum absolute atomic E-state index is 0.269. The van der Waals surface area contributed by atoms with Crippen LogP contribution in [0.5, 0.6) is 5.75 Å². The number of para-hydroxylation sites is 2. The second-order valence-electron chi connectivity index (χ2n) is 6.10. The van der Waals surface area contributed by atoms with Gasteiger partial charge >= 0.3 is 0 Å². The first-order chi connectivity index (χ1) is 13.2. The maximum atomic E-state index is 12.7. The monoisotopic (exact) mass is 358 g/mol. The van der Waals surface area contributed by atoms with Gasteiger partial charge in [0, 0.05) is 11.5 Å². The van der Waals surface area contributed by atoms with Crippen LogP contribution >= 0.6 is 0 Å². The van der Waals surface area contributed by atoms with Crippen LogP contribution in [0.25, 0.3) is 16.7 Å². The summed E-state index contributed by atoms with van der Waals surface area (Å²) in [5.41, 5.74) is 2.10. The molecule has 27 heavy (non-hydrogen) atoms. The molecule has 1 amide bonds. The zero-order chi connectivity index (χ0) is 18.8. The molecule has 0 fully saturated rings. The Bertz CT molecular complexity index is 1130. The number of nitrogens with zero attached hydrogens (tertiary/aromatic N) is 3. The Hall–Kier alpha value is -3.67. The zero-order valence-corrected chi connectivity index (χ0v) is 15.0. The highest BCUT2D eigenvalue weighted by molar-refractivity contribution is 6.06. The normalized spacial score (nSPS) is 10.7. The van der Waals surface area contributed by atoms with Gasteiger partial charge in [0.25, 0.3) is 5.91 Å². The Morgan fingerprint density at radius 3 is 2.67 bits per heavy atom. The number of carbonyl (C=O) groups is 1. The number of nitrogens with one attached hydrogen (secondary N) is 1. The van der Waals surface area contributed by atoms with Crippen molar-refractivity contribution < 1.29 is 9.53 Å². The number of rotatable bonds is 4. The maximum Gasteiger partial charge on any atom is 0.260 e. The maximum absolute atomic E-state index is 12.7. The predicted octanol–water partition coefficient (Wildman–Crippen LogP) is 3.99. The van der Waals surface area contributed by atoms with Gasteiger partial charge in [-0.3, -0.25) is 4.79 Å². The molecule has 0 spiro atoms. The third kappa shape index (κ3) is 3.25. The molecule has 0 unspecified atom stereocenters. The summed E-state index contributed by atoms with van der Waals surface area (Å²) >= 11 is 0. The van der Waals surface area contributed by atoms with Gasteiger partial charge < -0.3 is 10.1 Å². The third-order valence-corrected chi connectivity index (χ3v) is 4.23. The summed E-state index contributed by atoms with van der Waals surface area (Å²) in [5, 5.41) is 8.44. The summed E-state index contributed by atoms with van der Waals surface area (Å²) in [4.78, 5) is 17.4. The van der Waals surface area contributed by atoms with Crippen molar-refractivity contribution in [2.75, 3.05) is 12.4 Å². The van der Waals surface area contributed by atoms with Crippen LogP contribution in [0, 0.1) is 6.92 Å². The van der Waals surface area contributed by atoms with Gasteiger partial charge in [0.15, 0.2) is 5.82 Å². The molecule has 6 heteroatoms. The molecule has 2 aromatic heterocycles. The number of ether oxygens (including phenoxy) is 1. The lowest BCUT2D eigenvalue weighted by Crippen LogP contribution is -2.16. The van der Waals surface area contributed by atoms with E-state index >= 15 is 0 Å². The molecule has 6 nitrogen and oxygen atoms in total. The molecule has 1 N–H and O–H groups in total. The van der Waals surface area contributed by atoms with Gasteiger partial charge in [0.05, 0.1) is 23.9 Å². The quantitative estimate of drug-likeness (QED) is 0.599. The topological polar surface area (TPSA) is 69.0 Å². The van der Waals surface area contributed by atoms with E-state index in [4.69, 9.17) is 4.74 Å². The number of aromatic nitrogens is 3. The molecule has 0 saturated carbocycles. The molecule has 0 aliphatic heterocycles. The van der Waals surface area contributed by atoms with Gasteiger partial charge in [-0.15, -0.1) is 0 Å². The molecule has 0 saturated heterocycles. The van der Waals surface area contributed by atoms with E-state index in [1.807, 2.05) is 55.5 Å². The molecular weight excluding hydrogens is 340 g/mol. The molecule has 134 valence electrons. The average Bonchev–Trinajstić information content (AvgIpc) is 3.07. The van der Waals surface area contributed by atoms with Gasteiger partial charge in [0.1, 0.15) is 11.6 Å². The van der Waals surface area contributed by atoms with E-state index in [0.29, 0.717) is 22.9 Å². The summed E-state index contributed by atoms with van der Waals surface area (Å²) in [5.74, 6) is 1.43. The molecule has 2 heterocycles. The van der Waals surface area contributed by atoms with E-state index < -0.39 is 0 Å². The van der Waals surface area contributed by atoms with Gasteiger partial charge in [-0.1, -0.05) is 30.3 Å². The number of anilines is 1. The number of hydrogen-bond donors (Lipinski definition) is 1. The van der Waals surface area contributed by atoms with E-state index in [-0.39, 0.29) is 5.91 Å². The molecule has 0 aliphatic carbocycles. The standard InChI is InChI=1S/C21H18N4O2/c1-14-13-20(23-21(26)16-8-4-6-10-18(16)27-2)25(24-14)19-12-11-15-7-3-5-9-17(15)22-19/h3-13H,1-2H3,(H,23,26). The van der Waals surface area contributed by atoms with Crippen LogP contribution in [0.3, 0.4) is 0 Å². The minimum atomic E-state index is -0.269. The Morgan fingerprint density at radius 1 is 1.04 bits per heavy atom. The van der Waals surface area contributed by atoms with Crippen molar-refractivity contribution in [2.24, 2.45) is 0 Å². The van der Waals surface area contributed by atoms with Crippen LogP contribution in [0.4, 0.5) is 5.82 Å². The zero-order valence-electron chi connectivity index (χ0n) is 15.0. The molecule has 0 bridgehead atoms. The van der Waals surface area contributed by atoms with Crippen molar-refractivity contribution >= 4 is 22.6 Å². The lowest BCUT2D eigenvalue weighted by Gasteiger charge is -2.11. The first kappa shape index (κ1) is 16.8. The van der Waals surface area contributed by atoms with E-state index in [1.54, 1.807) is 30.0 Å². The van der Waals surface area contributed by atoms with Crippen LogP contribution < -0.4 is 10.1 Å². The van der Waals surface area contributed by atoms with Crippen LogP contribution in [0.2, 0.25) is 0 Å². The van der Waals surface area contributed by atoms with Crippen LogP contribution in [0.1, 0.15) is 16.1 Å². The number of aryl methyl sites for hydroxylation is 1. The molecule has 0 atom stereocenters. The molecule has 4 aromatic rings. The van der Waals surface area contributed by atoms with Crippen LogP contribution in [-0.4, -0.2) is 27.8 Å². The molecular formula is C21H18N4O2. The first-order valence-corrected chi connectivity index (χ1v) is 8.53. The highest BCUT2D eigenvalue weighted by atomic mass is 16.5. The van der Waals surface area contributed by atoms with Crippen molar-refractivity contribution in [3.05, 3.63) is 78.0 Å². The summed E-state index contributed by atoms with van der Waals surface area (Å²) in [6, 6.07) is 20.6. The molecule has 2 aromatic carbocycles. The van der Waals surface area contributed by atoms with Crippen LogP contribution in [0.15, 0.2) is 66.7 Å². The minimum Gasteiger partial charge on any atom is -0.496 e. The van der Waals surface area contributed by atoms with Gasteiger partial charge in [-0.25, -0.2) is 4.98 Å². The number of amides is 1. The lowest BCUT2D eigenvalue weighted by atomic mass is 10.2. The summed E-state index contributed by atoms with van der Waals surface area (Å²) < 4.78 is 6.91. The fourth-order valence-corrected chi connectivity index (χ4v) is 2.95. The van der Waals surface area contributed by atoms with Crippen LogP contribution in [-0.2, 0) is 0 Å². The lowest BCUT2D eigenvalue weighted by molar-refractivity contribution is 0.102.